The number of likely N-dealkylation sites (tertiary alicyclic amines) is 1. The molecule has 36 heavy (non-hydrogen) atoms. The van der Waals surface area contributed by atoms with E-state index in [9.17, 15) is 36.2 Å². The fourth-order valence-electron chi connectivity index (χ4n) is 5.00. The predicted molar refractivity (Wildman–Crippen MR) is 121 cm³/mol. The van der Waals surface area contributed by atoms with E-state index in [1.165, 1.54) is 24.3 Å². The Morgan fingerprint density at radius 2 is 1.53 bits per heavy atom. The number of hydrogen-bond donors (Lipinski definition) is 1. The molecule has 10 heteroatoms. The van der Waals surface area contributed by atoms with Crippen LogP contribution in [0.25, 0.3) is 0 Å². The molecule has 0 aromatic heterocycles. The highest BCUT2D eigenvalue weighted by atomic mass is 19.4. The van der Waals surface area contributed by atoms with Crippen LogP contribution in [0.3, 0.4) is 0 Å². The molecule has 0 aliphatic carbocycles. The van der Waals surface area contributed by atoms with Crippen molar-refractivity contribution in [3.8, 4) is 0 Å². The normalized spacial score (nSPS) is 21.2. The maximum absolute atomic E-state index is 13.1. The van der Waals surface area contributed by atoms with E-state index in [0.717, 1.165) is 24.3 Å². The number of carboxylic acid groups (broad SMARTS) is 1. The standard InChI is InChI=1S/C26H29F6NO3/c1-3-36-16(2)24(19-6-10-21(11-7-19)26(30,31)32)33-13-12-17(15-23(34)35)14-22(33)18-4-8-20(9-5-18)25(27,28)29/h4-11,16-17,22,24H,3,12-15H2,1-2H3,(H,34,35)/t16?,17-,22+,24-/m1/s1. The number of aliphatic carboxylic acids is 1. The molecule has 3 rings (SSSR count). The summed E-state index contributed by atoms with van der Waals surface area (Å²) in [6, 6.07) is 8.63. The van der Waals surface area contributed by atoms with Crippen molar-refractivity contribution in [2.24, 2.45) is 5.92 Å². The number of nitrogens with zero attached hydrogens (tertiary/aromatic N) is 1. The molecule has 1 unspecified atom stereocenters. The minimum absolute atomic E-state index is 0.0725. The molecular formula is C26H29F6NO3. The largest absolute Gasteiger partial charge is 0.481 e. The Morgan fingerprint density at radius 1 is 1.00 bits per heavy atom. The number of carboxylic acids is 1. The highest BCUT2D eigenvalue weighted by molar-refractivity contribution is 5.67. The van der Waals surface area contributed by atoms with Crippen LogP contribution in [-0.4, -0.2) is 35.2 Å². The molecule has 0 radical (unpaired) electrons. The molecule has 0 spiro atoms. The monoisotopic (exact) mass is 517 g/mol. The van der Waals surface area contributed by atoms with Gasteiger partial charge in [-0.15, -0.1) is 0 Å². The molecule has 1 saturated heterocycles. The summed E-state index contributed by atoms with van der Waals surface area (Å²) in [5, 5.41) is 9.30. The Hall–Kier alpha value is -2.59. The van der Waals surface area contributed by atoms with Crippen molar-refractivity contribution in [1.29, 1.82) is 0 Å². The number of benzene rings is 2. The maximum Gasteiger partial charge on any atom is 0.416 e. The molecule has 0 bridgehead atoms. The molecular weight excluding hydrogens is 488 g/mol. The number of alkyl halides is 6. The van der Waals surface area contributed by atoms with Crippen LogP contribution in [0.1, 0.15) is 67.4 Å². The molecule has 4 nitrogen and oxygen atoms in total. The van der Waals surface area contributed by atoms with Gasteiger partial charge in [-0.1, -0.05) is 24.3 Å². The van der Waals surface area contributed by atoms with Gasteiger partial charge in [-0.05, 0) is 74.5 Å². The highest BCUT2D eigenvalue weighted by Crippen LogP contribution is 2.43. The Kier molecular flexibility index (Phi) is 8.71. The van der Waals surface area contributed by atoms with Crippen molar-refractivity contribution < 1.29 is 41.0 Å². The summed E-state index contributed by atoms with van der Waals surface area (Å²) in [5.74, 6) is -1.15. The van der Waals surface area contributed by atoms with Crippen LogP contribution in [0.5, 0.6) is 0 Å². The van der Waals surface area contributed by atoms with Crippen molar-refractivity contribution in [2.75, 3.05) is 13.2 Å². The lowest BCUT2D eigenvalue weighted by atomic mass is 9.82. The van der Waals surface area contributed by atoms with Crippen LogP contribution < -0.4 is 0 Å². The second kappa shape index (κ2) is 11.2. The molecule has 1 aliphatic rings. The predicted octanol–water partition coefficient (Wildman–Crippen LogP) is 7.12. The van der Waals surface area contributed by atoms with Crippen molar-refractivity contribution in [2.45, 2.75) is 63.7 Å². The molecule has 1 N–H and O–H groups in total. The number of hydrogen-bond acceptors (Lipinski definition) is 3. The van der Waals surface area contributed by atoms with Gasteiger partial charge in [0.15, 0.2) is 0 Å². The Balaban J connectivity index is 2.02. The van der Waals surface area contributed by atoms with Gasteiger partial charge in [-0.25, -0.2) is 0 Å². The summed E-state index contributed by atoms with van der Waals surface area (Å²) < 4.78 is 84.6. The number of halogens is 6. The molecule has 1 fully saturated rings. The first-order valence-electron chi connectivity index (χ1n) is 11.7. The maximum atomic E-state index is 13.1. The lowest BCUT2D eigenvalue weighted by Gasteiger charge is -2.46. The average Bonchev–Trinajstić information content (AvgIpc) is 2.79. The number of rotatable bonds is 8. The van der Waals surface area contributed by atoms with E-state index >= 15 is 0 Å². The fraction of sp³-hybridized carbons (Fsp3) is 0.500. The van der Waals surface area contributed by atoms with E-state index in [1.807, 2.05) is 4.90 Å². The van der Waals surface area contributed by atoms with E-state index in [-0.39, 0.29) is 12.3 Å². The van der Waals surface area contributed by atoms with E-state index in [0.29, 0.717) is 37.1 Å². The Morgan fingerprint density at radius 3 is 2.00 bits per heavy atom. The fourth-order valence-corrected chi connectivity index (χ4v) is 5.00. The Labute approximate surface area is 205 Å². The van der Waals surface area contributed by atoms with Gasteiger partial charge >= 0.3 is 18.3 Å². The number of ether oxygens (including phenoxy) is 1. The minimum Gasteiger partial charge on any atom is -0.481 e. The summed E-state index contributed by atoms with van der Waals surface area (Å²) in [6.07, 6.45) is -8.59. The summed E-state index contributed by atoms with van der Waals surface area (Å²) in [7, 11) is 0. The molecule has 1 aliphatic heterocycles. The summed E-state index contributed by atoms with van der Waals surface area (Å²) in [6.45, 7) is 4.37. The molecule has 4 atom stereocenters. The highest BCUT2D eigenvalue weighted by Gasteiger charge is 2.39. The van der Waals surface area contributed by atoms with E-state index in [4.69, 9.17) is 4.74 Å². The van der Waals surface area contributed by atoms with Gasteiger partial charge in [0.2, 0.25) is 0 Å². The first kappa shape index (κ1) is 28.0. The zero-order chi connectivity index (χ0) is 26.7. The van der Waals surface area contributed by atoms with Crippen molar-refractivity contribution >= 4 is 5.97 Å². The second-order valence-corrected chi connectivity index (χ2v) is 9.09. The molecule has 198 valence electrons. The average molecular weight is 518 g/mol. The van der Waals surface area contributed by atoms with Crippen LogP contribution in [-0.2, 0) is 21.9 Å². The lowest BCUT2D eigenvalue weighted by Crippen LogP contribution is -2.44. The van der Waals surface area contributed by atoms with E-state index < -0.39 is 47.6 Å². The zero-order valence-corrected chi connectivity index (χ0v) is 19.9. The zero-order valence-electron chi connectivity index (χ0n) is 19.9. The van der Waals surface area contributed by atoms with E-state index in [2.05, 4.69) is 0 Å². The third-order valence-corrected chi connectivity index (χ3v) is 6.65. The van der Waals surface area contributed by atoms with Crippen molar-refractivity contribution in [3.63, 3.8) is 0 Å². The molecule has 1 heterocycles. The Bertz CT molecular complexity index is 1000. The van der Waals surface area contributed by atoms with Crippen LogP contribution in [0, 0.1) is 5.92 Å². The molecule has 2 aromatic carbocycles. The number of carbonyl (C=O) groups is 1. The van der Waals surface area contributed by atoms with Gasteiger partial charge in [0, 0.05) is 19.1 Å². The van der Waals surface area contributed by atoms with E-state index in [1.54, 1.807) is 13.8 Å². The summed E-state index contributed by atoms with van der Waals surface area (Å²) >= 11 is 0. The smallest absolute Gasteiger partial charge is 0.416 e. The van der Waals surface area contributed by atoms with Gasteiger partial charge in [-0.3, -0.25) is 9.69 Å². The first-order valence-corrected chi connectivity index (χ1v) is 11.7. The third-order valence-electron chi connectivity index (χ3n) is 6.65. The summed E-state index contributed by atoms with van der Waals surface area (Å²) in [5.41, 5.74) is -0.414. The van der Waals surface area contributed by atoms with Gasteiger partial charge in [0.05, 0.1) is 23.3 Å². The second-order valence-electron chi connectivity index (χ2n) is 9.09. The SMILES string of the molecule is CCOC(C)[C@H](c1ccc(C(F)(F)F)cc1)N1CC[C@@H](CC(=O)O)C[C@H]1c1ccc(C(F)(F)F)cc1. The van der Waals surface area contributed by atoms with Crippen molar-refractivity contribution in [3.05, 3.63) is 70.8 Å². The molecule has 0 amide bonds. The first-order chi connectivity index (χ1) is 16.8. The summed E-state index contributed by atoms with van der Waals surface area (Å²) in [4.78, 5) is 13.4. The van der Waals surface area contributed by atoms with Crippen LogP contribution in [0.4, 0.5) is 26.3 Å². The van der Waals surface area contributed by atoms with Gasteiger partial charge in [-0.2, -0.15) is 26.3 Å². The van der Waals surface area contributed by atoms with Gasteiger partial charge in [0.25, 0.3) is 0 Å². The van der Waals surface area contributed by atoms with Crippen LogP contribution in [0.15, 0.2) is 48.5 Å². The van der Waals surface area contributed by atoms with Crippen molar-refractivity contribution in [1.82, 2.24) is 4.90 Å². The third kappa shape index (κ3) is 6.79. The van der Waals surface area contributed by atoms with Crippen LogP contribution in [0.2, 0.25) is 0 Å². The lowest BCUT2D eigenvalue weighted by molar-refractivity contribution is -0.139. The molecule has 2 aromatic rings. The number of piperidine rings is 1. The van der Waals surface area contributed by atoms with Crippen LogP contribution >= 0.6 is 0 Å². The quantitative estimate of drug-likeness (QED) is 0.379. The molecule has 0 saturated carbocycles. The van der Waals surface area contributed by atoms with Gasteiger partial charge in [0.1, 0.15) is 0 Å². The topological polar surface area (TPSA) is 49.8 Å². The van der Waals surface area contributed by atoms with Gasteiger partial charge < -0.3 is 9.84 Å². The minimum atomic E-state index is -4.50.